The molecule has 0 radical (unpaired) electrons. The number of ether oxygens (including phenoxy) is 1. The maximum absolute atomic E-state index is 11.1. The zero-order valence-corrected chi connectivity index (χ0v) is 7.27. The van der Waals surface area contributed by atoms with Crippen LogP contribution in [0.3, 0.4) is 0 Å². The Hall–Kier alpha value is -1.30. The number of rotatable bonds is 1. The number of esters is 1. The van der Waals surface area contributed by atoms with Crippen LogP contribution >= 0.6 is 0 Å². The summed E-state index contributed by atoms with van der Waals surface area (Å²) in [6.07, 6.45) is -0.803. The number of hydrogen-bond donors (Lipinski definition) is 2. The average Bonchev–Trinajstić information content (AvgIpc) is 2.46. The molecule has 0 bridgehead atoms. The molecule has 0 aromatic heterocycles. The summed E-state index contributed by atoms with van der Waals surface area (Å²) in [5.41, 5.74) is 5.53. The molecule has 2 atom stereocenters. The lowest BCUT2D eigenvalue weighted by Crippen LogP contribution is -2.40. The smallest absolute Gasteiger partial charge is 0.408 e. The van der Waals surface area contributed by atoms with Crippen LogP contribution in [-0.2, 0) is 9.53 Å². The fourth-order valence-corrected chi connectivity index (χ4v) is 1.44. The van der Waals surface area contributed by atoms with Gasteiger partial charge in [-0.25, -0.2) is 9.59 Å². The van der Waals surface area contributed by atoms with Crippen molar-refractivity contribution in [3.8, 4) is 0 Å². The second-order valence-corrected chi connectivity index (χ2v) is 2.97. The largest absolute Gasteiger partial charge is 0.467 e. The molecule has 0 aliphatic carbocycles. The van der Waals surface area contributed by atoms with Crippen LogP contribution in [0.5, 0.6) is 0 Å². The number of carbonyl (C=O) groups is 2. The SMILES string of the molecule is COC(=O)[C@@H]1C[C@@H](N)CN1C(=O)O. The van der Waals surface area contributed by atoms with E-state index in [2.05, 4.69) is 4.74 Å². The standard InChI is InChI=1S/C7H12N2O4/c1-13-6(10)5-2-4(8)3-9(5)7(11)12/h4-5H,2-3,8H2,1H3,(H,11,12)/t4-,5+/m1/s1. The van der Waals surface area contributed by atoms with Crippen molar-refractivity contribution in [1.29, 1.82) is 0 Å². The molecule has 74 valence electrons. The van der Waals surface area contributed by atoms with Gasteiger partial charge in [0.15, 0.2) is 0 Å². The third kappa shape index (κ3) is 1.89. The van der Waals surface area contributed by atoms with Gasteiger partial charge in [0.2, 0.25) is 0 Å². The molecule has 13 heavy (non-hydrogen) atoms. The Labute approximate surface area is 75.3 Å². The number of nitrogens with zero attached hydrogens (tertiary/aromatic N) is 1. The fraction of sp³-hybridized carbons (Fsp3) is 0.714. The van der Waals surface area contributed by atoms with Gasteiger partial charge in [-0.1, -0.05) is 0 Å². The van der Waals surface area contributed by atoms with E-state index < -0.39 is 18.1 Å². The van der Waals surface area contributed by atoms with Crippen LogP contribution in [0.1, 0.15) is 6.42 Å². The molecule has 1 fully saturated rings. The van der Waals surface area contributed by atoms with Gasteiger partial charge in [0.05, 0.1) is 7.11 Å². The highest BCUT2D eigenvalue weighted by molar-refractivity contribution is 5.81. The van der Waals surface area contributed by atoms with E-state index in [0.717, 1.165) is 4.90 Å². The van der Waals surface area contributed by atoms with Crippen molar-refractivity contribution >= 4 is 12.1 Å². The number of likely N-dealkylation sites (tertiary alicyclic amines) is 1. The summed E-state index contributed by atoms with van der Waals surface area (Å²) in [4.78, 5) is 22.7. The van der Waals surface area contributed by atoms with Crippen LogP contribution in [0, 0.1) is 0 Å². The summed E-state index contributed by atoms with van der Waals surface area (Å²) in [6, 6.07) is -1.02. The monoisotopic (exact) mass is 188 g/mol. The first-order valence-corrected chi connectivity index (χ1v) is 3.89. The van der Waals surface area contributed by atoms with Crippen LogP contribution in [0.4, 0.5) is 4.79 Å². The van der Waals surface area contributed by atoms with Crippen molar-refractivity contribution in [2.75, 3.05) is 13.7 Å². The molecule has 1 saturated heterocycles. The van der Waals surface area contributed by atoms with Crippen LogP contribution in [0.15, 0.2) is 0 Å². The quantitative estimate of drug-likeness (QED) is 0.527. The number of amides is 1. The van der Waals surface area contributed by atoms with Gasteiger partial charge in [0.25, 0.3) is 0 Å². The Morgan fingerprint density at radius 3 is 2.69 bits per heavy atom. The summed E-state index contributed by atoms with van der Waals surface area (Å²) in [5, 5.41) is 8.71. The minimum Gasteiger partial charge on any atom is -0.467 e. The van der Waals surface area contributed by atoms with E-state index in [1.165, 1.54) is 7.11 Å². The average molecular weight is 188 g/mol. The third-order valence-electron chi connectivity index (χ3n) is 2.05. The zero-order chi connectivity index (χ0) is 10.0. The van der Waals surface area contributed by atoms with E-state index in [1.54, 1.807) is 0 Å². The van der Waals surface area contributed by atoms with E-state index in [1.807, 2.05) is 0 Å². The van der Waals surface area contributed by atoms with Crippen molar-refractivity contribution in [3.05, 3.63) is 0 Å². The molecule has 1 rings (SSSR count). The molecule has 0 saturated carbocycles. The number of hydrogen-bond acceptors (Lipinski definition) is 4. The second kappa shape index (κ2) is 3.61. The molecular formula is C7H12N2O4. The van der Waals surface area contributed by atoms with E-state index in [4.69, 9.17) is 10.8 Å². The molecule has 3 N–H and O–H groups in total. The first-order valence-electron chi connectivity index (χ1n) is 3.89. The molecule has 6 nitrogen and oxygen atoms in total. The predicted molar refractivity (Wildman–Crippen MR) is 43.1 cm³/mol. The minimum atomic E-state index is -1.14. The summed E-state index contributed by atoms with van der Waals surface area (Å²) in [7, 11) is 1.23. The van der Waals surface area contributed by atoms with E-state index in [-0.39, 0.29) is 12.6 Å². The van der Waals surface area contributed by atoms with Gasteiger partial charge in [-0.15, -0.1) is 0 Å². The lowest BCUT2D eigenvalue weighted by atomic mass is 10.2. The Bertz CT molecular complexity index is 231. The van der Waals surface area contributed by atoms with Crippen molar-refractivity contribution in [3.63, 3.8) is 0 Å². The van der Waals surface area contributed by atoms with E-state index in [0.29, 0.717) is 6.42 Å². The molecule has 1 aliphatic rings. The highest BCUT2D eigenvalue weighted by Gasteiger charge is 2.38. The van der Waals surface area contributed by atoms with Crippen LogP contribution in [0.25, 0.3) is 0 Å². The van der Waals surface area contributed by atoms with Crippen molar-refractivity contribution in [2.24, 2.45) is 5.73 Å². The van der Waals surface area contributed by atoms with Gasteiger partial charge in [-0.05, 0) is 6.42 Å². The molecule has 0 unspecified atom stereocenters. The van der Waals surface area contributed by atoms with Crippen LogP contribution in [0.2, 0.25) is 0 Å². The van der Waals surface area contributed by atoms with E-state index >= 15 is 0 Å². The maximum Gasteiger partial charge on any atom is 0.408 e. The molecule has 1 heterocycles. The second-order valence-electron chi connectivity index (χ2n) is 2.97. The lowest BCUT2D eigenvalue weighted by Gasteiger charge is -2.18. The molecular weight excluding hydrogens is 176 g/mol. The van der Waals surface area contributed by atoms with Gasteiger partial charge in [-0.3, -0.25) is 4.90 Å². The first kappa shape index (κ1) is 9.79. The van der Waals surface area contributed by atoms with Crippen LogP contribution in [-0.4, -0.2) is 47.8 Å². The molecule has 1 amide bonds. The molecule has 1 aliphatic heterocycles. The topological polar surface area (TPSA) is 92.9 Å². The van der Waals surface area contributed by atoms with Gasteiger partial charge >= 0.3 is 12.1 Å². The molecule has 0 aromatic rings. The fourth-order valence-electron chi connectivity index (χ4n) is 1.44. The highest BCUT2D eigenvalue weighted by Crippen LogP contribution is 2.17. The number of nitrogens with two attached hydrogens (primary N) is 1. The summed E-state index contributed by atoms with van der Waals surface area (Å²) < 4.78 is 4.46. The van der Waals surface area contributed by atoms with Gasteiger partial charge in [0.1, 0.15) is 6.04 Å². The van der Waals surface area contributed by atoms with Crippen molar-refractivity contribution < 1.29 is 19.4 Å². The summed E-state index contributed by atoms with van der Waals surface area (Å²) in [6.45, 7) is 0.190. The number of methoxy groups -OCH3 is 1. The maximum atomic E-state index is 11.1. The first-order chi connectivity index (χ1) is 6.06. The highest BCUT2D eigenvalue weighted by atomic mass is 16.5. The van der Waals surface area contributed by atoms with E-state index in [9.17, 15) is 9.59 Å². The Balaban J connectivity index is 2.71. The van der Waals surface area contributed by atoms with Gasteiger partial charge < -0.3 is 15.6 Å². The van der Waals surface area contributed by atoms with Gasteiger partial charge in [-0.2, -0.15) is 0 Å². The molecule has 0 aromatic carbocycles. The Morgan fingerprint density at radius 1 is 1.62 bits per heavy atom. The summed E-state index contributed by atoms with van der Waals surface area (Å²) >= 11 is 0. The zero-order valence-electron chi connectivity index (χ0n) is 7.27. The number of carboxylic acid groups (broad SMARTS) is 1. The molecule has 6 heteroatoms. The van der Waals surface area contributed by atoms with Gasteiger partial charge in [0, 0.05) is 12.6 Å². The number of carbonyl (C=O) groups excluding carboxylic acids is 1. The third-order valence-corrected chi connectivity index (χ3v) is 2.05. The van der Waals surface area contributed by atoms with Crippen molar-refractivity contribution in [1.82, 2.24) is 4.90 Å². The molecule has 0 spiro atoms. The Morgan fingerprint density at radius 2 is 2.23 bits per heavy atom. The lowest BCUT2D eigenvalue weighted by molar-refractivity contribution is -0.145. The van der Waals surface area contributed by atoms with Crippen molar-refractivity contribution in [2.45, 2.75) is 18.5 Å². The van der Waals surface area contributed by atoms with Crippen LogP contribution < -0.4 is 5.73 Å². The Kier molecular flexibility index (Phi) is 2.72. The normalized spacial score (nSPS) is 27.4. The predicted octanol–water partition coefficient (Wildman–Crippen LogP) is -0.761. The minimum absolute atomic E-state index is 0.190. The summed E-state index contributed by atoms with van der Waals surface area (Å²) in [5.74, 6) is -0.546.